The molecule has 1 aromatic heterocycles. The average molecular weight is 312 g/mol. The van der Waals surface area contributed by atoms with E-state index in [0.29, 0.717) is 16.4 Å². The zero-order valence-corrected chi connectivity index (χ0v) is 12.8. The second-order valence-electron chi connectivity index (χ2n) is 4.14. The highest BCUT2D eigenvalue weighted by Crippen LogP contribution is 2.35. The summed E-state index contributed by atoms with van der Waals surface area (Å²) < 4.78 is 5.55. The number of halogens is 1. The van der Waals surface area contributed by atoms with E-state index in [1.807, 2.05) is 31.2 Å². The van der Waals surface area contributed by atoms with Crippen LogP contribution >= 0.6 is 22.9 Å². The fraction of sp³-hybridized carbons (Fsp3) is 0.286. The van der Waals surface area contributed by atoms with Crippen LogP contribution in [0, 0.1) is 0 Å². The van der Waals surface area contributed by atoms with Gasteiger partial charge in [-0.2, -0.15) is 0 Å². The molecule has 0 bridgehead atoms. The van der Waals surface area contributed by atoms with Gasteiger partial charge in [-0.15, -0.1) is 11.3 Å². The standard InChI is InChI=1S/C14H14ClNO3S/c1-3-16(8-11(17)19-2)14(18)13-12(15)9-6-4-5-7-10(9)20-13/h4-7H,3,8H2,1-2H3. The molecule has 0 saturated carbocycles. The quantitative estimate of drug-likeness (QED) is 0.815. The van der Waals surface area contributed by atoms with Crippen molar-refractivity contribution >= 4 is 44.9 Å². The molecule has 0 aliphatic carbocycles. The van der Waals surface area contributed by atoms with Crippen molar-refractivity contribution in [1.29, 1.82) is 0 Å². The molecule has 0 spiro atoms. The lowest BCUT2D eigenvalue weighted by Crippen LogP contribution is -2.35. The van der Waals surface area contributed by atoms with Crippen molar-refractivity contribution in [3.05, 3.63) is 34.2 Å². The van der Waals surface area contributed by atoms with Gasteiger partial charge < -0.3 is 9.64 Å². The van der Waals surface area contributed by atoms with Gasteiger partial charge in [0.1, 0.15) is 11.4 Å². The van der Waals surface area contributed by atoms with Crippen LogP contribution in [0.15, 0.2) is 24.3 Å². The molecule has 106 valence electrons. The lowest BCUT2D eigenvalue weighted by Gasteiger charge is -2.18. The number of carbonyl (C=O) groups excluding carboxylic acids is 2. The highest BCUT2D eigenvalue weighted by Gasteiger charge is 2.23. The molecule has 0 aliphatic heterocycles. The number of fused-ring (bicyclic) bond motifs is 1. The van der Waals surface area contributed by atoms with Gasteiger partial charge in [0.2, 0.25) is 0 Å². The topological polar surface area (TPSA) is 46.6 Å². The predicted molar refractivity (Wildman–Crippen MR) is 80.4 cm³/mol. The van der Waals surface area contributed by atoms with Crippen LogP contribution in [-0.4, -0.2) is 37.0 Å². The van der Waals surface area contributed by atoms with Crippen LogP contribution in [0.3, 0.4) is 0 Å². The minimum Gasteiger partial charge on any atom is -0.468 e. The molecule has 0 saturated heterocycles. The molecule has 0 N–H and O–H groups in total. The number of carbonyl (C=O) groups is 2. The van der Waals surface area contributed by atoms with E-state index in [0.717, 1.165) is 10.1 Å². The summed E-state index contributed by atoms with van der Waals surface area (Å²) in [6.45, 7) is 2.15. The molecule has 6 heteroatoms. The summed E-state index contributed by atoms with van der Waals surface area (Å²) in [5.74, 6) is -0.693. The lowest BCUT2D eigenvalue weighted by atomic mass is 10.2. The van der Waals surface area contributed by atoms with Gasteiger partial charge in [0, 0.05) is 16.6 Å². The molecule has 4 nitrogen and oxygen atoms in total. The predicted octanol–water partition coefficient (Wildman–Crippen LogP) is 3.19. The highest BCUT2D eigenvalue weighted by atomic mass is 35.5. The number of nitrogens with zero attached hydrogens (tertiary/aromatic N) is 1. The highest BCUT2D eigenvalue weighted by molar-refractivity contribution is 7.21. The number of rotatable bonds is 4. The Hall–Kier alpha value is -1.59. The molecule has 1 heterocycles. The molecule has 1 aromatic carbocycles. The Labute approximate surface area is 125 Å². The third-order valence-corrected chi connectivity index (χ3v) is 4.61. The number of esters is 1. The van der Waals surface area contributed by atoms with Crippen LogP contribution in [0.2, 0.25) is 5.02 Å². The van der Waals surface area contributed by atoms with Gasteiger partial charge in [-0.05, 0) is 13.0 Å². The maximum atomic E-state index is 12.5. The minimum absolute atomic E-state index is 0.0730. The van der Waals surface area contributed by atoms with Crippen molar-refractivity contribution in [3.63, 3.8) is 0 Å². The van der Waals surface area contributed by atoms with Gasteiger partial charge in [-0.3, -0.25) is 9.59 Å². The lowest BCUT2D eigenvalue weighted by molar-refractivity contribution is -0.141. The zero-order valence-electron chi connectivity index (χ0n) is 11.2. The summed E-state index contributed by atoms with van der Waals surface area (Å²) in [7, 11) is 1.30. The molecule has 0 atom stereocenters. The molecule has 2 aromatic rings. The average Bonchev–Trinajstić information content (AvgIpc) is 2.81. The molecular formula is C14H14ClNO3S. The number of benzene rings is 1. The first kappa shape index (κ1) is 14.8. The molecular weight excluding hydrogens is 298 g/mol. The van der Waals surface area contributed by atoms with Gasteiger partial charge in [-0.25, -0.2) is 0 Å². The summed E-state index contributed by atoms with van der Waals surface area (Å²) in [5.41, 5.74) is 0. The SMILES string of the molecule is CCN(CC(=O)OC)C(=O)c1sc2ccccc2c1Cl. The van der Waals surface area contributed by atoms with E-state index in [9.17, 15) is 9.59 Å². The third-order valence-electron chi connectivity index (χ3n) is 2.95. The first-order valence-electron chi connectivity index (χ1n) is 6.11. The van der Waals surface area contributed by atoms with Crippen molar-refractivity contribution in [3.8, 4) is 0 Å². The molecule has 2 rings (SSSR count). The van der Waals surface area contributed by atoms with Crippen LogP contribution in [0.1, 0.15) is 16.6 Å². The normalized spacial score (nSPS) is 10.6. The van der Waals surface area contributed by atoms with E-state index in [4.69, 9.17) is 11.6 Å². The molecule has 20 heavy (non-hydrogen) atoms. The summed E-state index contributed by atoms with van der Waals surface area (Å²) in [4.78, 5) is 25.7. The number of ether oxygens (including phenoxy) is 1. The Morgan fingerprint density at radius 3 is 2.65 bits per heavy atom. The van der Waals surface area contributed by atoms with Crippen molar-refractivity contribution in [2.24, 2.45) is 0 Å². The Bertz CT molecular complexity index is 653. The summed E-state index contributed by atoms with van der Waals surface area (Å²) >= 11 is 7.61. The van der Waals surface area contributed by atoms with Gasteiger partial charge in [0.05, 0.1) is 12.1 Å². The molecule has 0 radical (unpaired) electrons. The molecule has 0 unspecified atom stereocenters. The number of methoxy groups -OCH3 is 1. The first-order chi connectivity index (χ1) is 9.58. The van der Waals surface area contributed by atoms with Crippen LogP contribution in [-0.2, 0) is 9.53 Å². The smallest absolute Gasteiger partial charge is 0.325 e. The number of amides is 1. The Morgan fingerprint density at radius 2 is 2.05 bits per heavy atom. The van der Waals surface area contributed by atoms with Gasteiger partial charge >= 0.3 is 5.97 Å². The van der Waals surface area contributed by atoms with E-state index < -0.39 is 5.97 Å². The second kappa shape index (κ2) is 6.24. The summed E-state index contributed by atoms with van der Waals surface area (Å²) in [5, 5.41) is 1.30. The Morgan fingerprint density at radius 1 is 1.35 bits per heavy atom. The van der Waals surface area contributed by atoms with Crippen LogP contribution < -0.4 is 0 Å². The van der Waals surface area contributed by atoms with Gasteiger partial charge in [0.25, 0.3) is 5.91 Å². The summed E-state index contributed by atoms with van der Waals surface area (Å²) in [6.07, 6.45) is 0. The van der Waals surface area contributed by atoms with Gasteiger partial charge in [-0.1, -0.05) is 29.8 Å². The number of likely N-dealkylation sites (N-methyl/N-ethyl adjacent to an activating group) is 1. The third kappa shape index (κ3) is 2.78. The minimum atomic E-state index is -0.447. The maximum Gasteiger partial charge on any atom is 0.325 e. The van der Waals surface area contributed by atoms with Crippen molar-refractivity contribution in [2.75, 3.05) is 20.2 Å². The van der Waals surface area contributed by atoms with Crippen LogP contribution in [0.4, 0.5) is 0 Å². The number of hydrogen-bond acceptors (Lipinski definition) is 4. The van der Waals surface area contributed by atoms with Gasteiger partial charge in [0.15, 0.2) is 0 Å². The number of thiophene rings is 1. The van der Waals surface area contributed by atoms with E-state index >= 15 is 0 Å². The van der Waals surface area contributed by atoms with Crippen molar-refractivity contribution < 1.29 is 14.3 Å². The largest absolute Gasteiger partial charge is 0.468 e. The zero-order chi connectivity index (χ0) is 14.7. The second-order valence-corrected chi connectivity index (χ2v) is 5.57. The van der Waals surface area contributed by atoms with Crippen molar-refractivity contribution in [2.45, 2.75) is 6.92 Å². The first-order valence-corrected chi connectivity index (χ1v) is 7.31. The van der Waals surface area contributed by atoms with E-state index in [1.54, 1.807) is 0 Å². The fourth-order valence-corrected chi connectivity index (χ4v) is 3.32. The monoisotopic (exact) mass is 311 g/mol. The molecule has 1 amide bonds. The van der Waals surface area contributed by atoms with Crippen LogP contribution in [0.25, 0.3) is 10.1 Å². The molecule has 0 aliphatic rings. The van der Waals surface area contributed by atoms with E-state index in [2.05, 4.69) is 4.74 Å². The van der Waals surface area contributed by atoms with Crippen molar-refractivity contribution in [1.82, 2.24) is 4.90 Å². The van der Waals surface area contributed by atoms with E-state index in [1.165, 1.54) is 23.3 Å². The number of hydrogen-bond donors (Lipinski definition) is 0. The molecule has 0 fully saturated rings. The van der Waals surface area contributed by atoms with E-state index in [-0.39, 0.29) is 12.5 Å². The summed E-state index contributed by atoms with van der Waals surface area (Å²) in [6, 6.07) is 7.57. The Balaban J connectivity index is 2.34. The van der Waals surface area contributed by atoms with Crippen LogP contribution in [0.5, 0.6) is 0 Å². The fourth-order valence-electron chi connectivity index (χ4n) is 1.84. The Kier molecular flexibility index (Phi) is 4.62. The maximum absolute atomic E-state index is 12.5.